The monoisotopic (exact) mass is 182 g/mol. The maximum Gasteiger partial charge on any atom is 0.331 e. The van der Waals surface area contributed by atoms with Crippen molar-refractivity contribution >= 4 is 17.3 Å². The second kappa shape index (κ2) is 4.07. The molecule has 0 aromatic carbocycles. The van der Waals surface area contributed by atoms with Gasteiger partial charge in [-0.25, -0.2) is 4.79 Å². The number of hydrogen-bond acceptors (Lipinski definition) is 2. The molecule has 64 valence electrons. The normalized spacial score (nSPS) is 11.6. The van der Waals surface area contributed by atoms with Crippen LogP contribution >= 0.6 is 11.3 Å². The fourth-order valence-corrected chi connectivity index (χ4v) is 1.58. The fourth-order valence-electron chi connectivity index (χ4n) is 0.914. The highest BCUT2D eigenvalue weighted by molar-refractivity contribution is 7.07. The van der Waals surface area contributed by atoms with E-state index in [1.165, 1.54) is 0 Å². The van der Waals surface area contributed by atoms with E-state index in [4.69, 9.17) is 5.11 Å². The molecule has 0 aliphatic rings. The second-order valence-electron chi connectivity index (χ2n) is 2.43. The van der Waals surface area contributed by atoms with Gasteiger partial charge in [0.15, 0.2) is 0 Å². The average Bonchev–Trinajstić information content (AvgIpc) is 2.51. The molecule has 1 N–H and O–H groups in total. The molecule has 0 spiro atoms. The third-order valence-electron chi connectivity index (χ3n) is 1.60. The first-order chi connectivity index (χ1) is 5.74. The van der Waals surface area contributed by atoms with E-state index in [0.29, 0.717) is 12.0 Å². The smallest absolute Gasteiger partial charge is 0.331 e. The van der Waals surface area contributed by atoms with Gasteiger partial charge in [0.2, 0.25) is 0 Å². The summed E-state index contributed by atoms with van der Waals surface area (Å²) in [6, 6.07) is 1.94. The van der Waals surface area contributed by atoms with Crippen molar-refractivity contribution in [2.24, 2.45) is 0 Å². The van der Waals surface area contributed by atoms with E-state index >= 15 is 0 Å². The van der Waals surface area contributed by atoms with Gasteiger partial charge < -0.3 is 5.11 Å². The molecule has 2 nitrogen and oxygen atoms in total. The third-order valence-corrected chi connectivity index (χ3v) is 2.33. The first-order valence-corrected chi connectivity index (χ1v) is 4.58. The quantitative estimate of drug-likeness (QED) is 0.728. The van der Waals surface area contributed by atoms with Gasteiger partial charge in [0.05, 0.1) is 0 Å². The molecule has 0 atom stereocenters. The van der Waals surface area contributed by atoms with Crippen LogP contribution in [0.4, 0.5) is 0 Å². The van der Waals surface area contributed by atoms with Gasteiger partial charge in [-0.3, -0.25) is 0 Å². The number of thiophene rings is 1. The maximum absolute atomic E-state index is 10.6. The molecule has 0 aliphatic carbocycles. The van der Waals surface area contributed by atoms with Crippen LogP contribution in [0.25, 0.3) is 0 Å². The molecule has 0 fully saturated rings. The highest BCUT2D eigenvalue weighted by Gasteiger charge is 2.06. The Balaban J connectivity index is 2.68. The van der Waals surface area contributed by atoms with Crippen molar-refractivity contribution in [3.63, 3.8) is 0 Å². The number of carbonyl (C=O) groups is 1. The molecule has 0 saturated carbocycles. The van der Waals surface area contributed by atoms with Crippen molar-refractivity contribution in [3.05, 3.63) is 34.0 Å². The Labute approximate surface area is 75.2 Å². The molecular formula is C9H10O2S. The molecule has 1 aromatic rings. The summed E-state index contributed by atoms with van der Waals surface area (Å²) in [5.41, 5.74) is 1.52. The summed E-state index contributed by atoms with van der Waals surface area (Å²) in [7, 11) is 0. The Hall–Kier alpha value is -1.09. The number of carboxylic acids is 1. The zero-order valence-electron chi connectivity index (χ0n) is 6.78. The number of allylic oxidation sites excluding steroid dienone is 1. The summed E-state index contributed by atoms with van der Waals surface area (Å²) in [5, 5.41) is 12.6. The van der Waals surface area contributed by atoms with E-state index in [9.17, 15) is 4.79 Å². The SMILES string of the molecule is CC=C(Cc1ccsc1)C(=O)O. The number of carboxylic acid groups (broad SMARTS) is 1. The average molecular weight is 182 g/mol. The minimum Gasteiger partial charge on any atom is -0.478 e. The van der Waals surface area contributed by atoms with E-state index in [0.717, 1.165) is 5.56 Å². The lowest BCUT2D eigenvalue weighted by Crippen LogP contribution is -2.02. The predicted octanol–water partition coefficient (Wildman–Crippen LogP) is 2.32. The molecule has 1 heterocycles. The molecule has 3 heteroatoms. The van der Waals surface area contributed by atoms with Crippen LogP contribution in [0.15, 0.2) is 28.5 Å². The molecule has 0 bridgehead atoms. The lowest BCUT2D eigenvalue weighted by molar-refractivity contribution is -0.132. The van der Waals surface area contributed by atoms with Crippen LogP contribution in [0.5, 0.6) is 0 Å². The van der Waals surface area contributed by atoms with Crippen molar-refractivity contribution < 1.29 is 9.90 Å². The summed E-state index contributed by atoms with van der Waals surface area (Å²) in [5.74, 6) is -0.830. The molecule has 0 saturated heterocycles. The van der Waals surface area contributed by atoms with Gasteiger partial charge in [-0.2, -0.15) is 11.3 Å². The zero-order valence-corrected chi connectivity index (χ0v) is 7.60. The third kappa shape index (κ3) is 2.20. The number of aliphatic carboxylic acids is 1. The van der Waals surface area contributed by atoms with E-state index in [1.54, 1.807) is 24.3 Å². The second-order valence-corrected chi connectivity index (χ2v) is 3.21. The predicted molar refractivity (Wildman–Crippen MR) is 49.4 cm³/mol. The molecular weight excluding hydrogens is 172 g/mol. The Morgan fingerprint density at radius 1 is 1.75 bits per heavy atom. The Kier molecular flexibility index (Phi) is 3.05. The van der Waals surface area contributed by atoms with Gasteiger partial charge in [-0.1, -0.05) is 6.08 Å². The summed E-state index contributed by atoms with van der Waals surface area (Å²) >= 11 is 1.58. The zero-order chi connectivity index (χ0) is 8.97. The highest BCUT2D eigenvalue weighted by atomic mass is 32.1. The van der Waals surface area contributed by atoms with Crippen LogP contribution in [0.2, 0.25) is 0 Å². The largest absolute Gasteiger partial charge is 0.478 e. The fraction of sp³-hybridized carbons (Fsp3) is 0.222. The van der Waals surface area contributed by atoms with Gasteiger partial charge >= 0.3 is 5.97 Å². The van der Waals surface area contributed by atoms with E-state index < -0.39 is 5.97 Å². The summed E-state index contributed by atoms with van der Waals surface area (Å²) in [4.78, 5) is 10.6. The van der Waals surface area contributed by atoms with Crippen LogP contribution in [0.3, 0.4) is 0 Å². The summed E-state index contributed by atoms with van der Waals surface area (Å²) < 4.78 is 0. The molecule has 0 aliphatic heterocycles. The first-order valence-electron chi connectivity index (χ1n) is 3.63. The highest BCUT2D eigenvalue weighted by Crippen LogP contribution is 2.11. The minimum atomic E-state index is -0.830. The van der Waals surface area contributed by atoms with Crippen molar-refractivity contribution in [3.8, 4) is 0 Å². The van der Waals surface area contributed by atoms with Crippen molar-refractivity contribution in [1.82, 2.24) is 0 Å². The molecule has 0 radical (unpaired) electrons. The maximum atomic E-state index is 10.6. The number of rotatable bonds is 3. The lowest BCUT2D eigenvalue weighted by Gasteiger charge is -1.97. The molecule has 0 amide bonds. The minimum absolute atomic E-state index is 0.452. The first kappa shape index (κ1) is 9.00. The van der Waals surface area contributed by atoms with E-state index in [-0.39, 0.29) is 0 Å². The van der Waals surface area contributed by atoms with E-state index in [2.05, 4.69) is 0 Å². The van der Waals surface area contributed by atoms with Gasteiger partial charge in [0, 0.05) is 12.0 Å². The molecule has 0 unspecified atom stereocenters. The molecule has 1 aromatic heterocycles. The van der Waals surface area contributed by atoms with Gasteiger partial charge in [-0.15, -0.1) is 0 Å². The van der Waals surface area contributed by atoms with E-state index in [1.807, 2.05) is 16.8 Å². The standard InChI is InChI=1S/C9H10O2S/c1-2-8(9(10)11)5-7-3-4-12-6-7/h2-4,6H,5H2,1H3,(H,10,11). The topological polar surface area (TPSA) is 37.3 Å². The Morgan fingerprint density at radius 3 is 2.92 bits per heavy atom. The summed E-state index contributed by atoms with van der Waals surface area (Å²) in [6.45, 7) is 1.75. The van der Waals surface area contributed by atoms with Crippen LogP contribution < -0.4 is 0 Å². The molecule has 1 rings (SSSR count). The summed E-state index contributed by atoms with van der Waals surface area (Å²) in [6.07, 6.45) is 2.16. The van der Waals surface area contributed by atoms with Crippen molar-refractivity contribution in [1.29, 1.82) is 0 Å². The Bertz CT molecular complexity index is 285. The van der Waals surface area contributed by atoms with Gasteiger partial charge in [-0.05, 0) is 29.3 Å². The molecule has 12 heavy (non-hydrogen) atoms. The number of hydrogen-bond donors (Lipinski definition) is 1. The van der Waals surface area contributed by atoms with Crippen LogP contribution in [0.1, 0.15) is 12.5 Å². The Morgan fingerprint density at radius 2 is 2.50 bits per heavy atom. The van der Waals surface area contributed by atoms with Crippen molar-refractivity contribution in [2.45, 2.75) is 13.3 Å². The van der Waals surface area contributed by atoms with Gasteiger partial charge in [0.25, 0.3) is 0 Å². The lowest BCUT2D eigenvalue weighted by atomic mass is 10.1. The van der Waals surface area contributed by atoms with Gasteiger partial charge in [0.1, 0.15) is 0 Å². The van der Waals surface area contributed by atoms with Crippen LogP contribution in [-0.4, -0.2) is 11.1 Å². The van der Waals surface area contributed by atoms with Crippen LogP contribution in [0, 0.1) is 0 Å². The van der Waals surface area contributed by atoms with Crippen molar-refractivity contribution in [2.75, 3.05) is 0 Å². The van der Waals surface area contributed by atoms with Crippen LogP contribution in [-0.2, 0) is 11.2 Å².